The van der Waals surface area contributed by atoms with Crippen LogP contribution in [0.15, 0.2) is 34.7 Å². The maximum absolute atomic E-state index is 12.4. The number of hydrogen-bond acceptors (Lipinski definition) is 4. The Morgan fingerprint density at radius 1 is 1.21 bits per heavy atom. The van der Waals surface area contributed by atoms with Crippen LogP contribution in [-0.2, 0) is 16.1 Å². The van der Waals surface area contributed by atoms with E-state index in [0.717, 1.165) is 22.6 Å². The van der Waals surface area contributed by atoms with Gasteiger partial charge in [0.15, 0.2) is 0 Å². The zero-order valence-electron chi connectivity index (χ0n) is 14.3. The first-order chi connectivity index (χ1) is 11.4. The Morgan fingerprint density at radius 2 is 1.88 bits per heavy atom. The number of ether oxygens (including phenoxy) is 1. The summed E-state index contributed by atoms with van der Waals surface area (Å²) in [5.41, 5.74) is 2.50. The minimum absolute atomic E-state index is 0.0978. The van der Waals surface area contributed by atoms with Crippen molar-refractivity contribution in [1.29, 1.82) is 0 Å². The lowest BCUT2D eigenvalue weighted by atomic mass is 10.0. The lowest BCUT2D eigenvalue weighted by Gasteiger charge is -2.12. The highest BCUT2D eigenvalue weighted by atomic mass is 16.5. The molecular weight excluding hydrogens is 308 g/mol. The summed E-state index contributed by atoms with van der Waals surface area (Å²) < 4.78 is 10.00. The van der Waals surface area contributed by atoms with Crippen LogP contribution in [0.4, 0.5) is 10.5 Å². The van der Waals surface area contributed by atoms with Gasteiger partial charge in [-0.25, -0.2) is 4.79 Å². The van der Waals surface area contributed by atoms with Crippen LogP contribution < -0.4 is 10.6 Å². The van der Waals surface area contributed by atoms with E-state index in [4.69, 9.17) is 4.42 Å². The van der Waals surface area contributed by atoms with Crippen molar-refractivity contribution in [3.05, 3.63) is 53.0 Å². The molecule has 24 heavy (non-hydrogen) atoms. The number of aryl methyl sites for hydroxylation is 2. The summed E-state index contributed by atoms with van der Waals surface area (Å²) in [6.45, 7) is 5.93. The van der Waals surface area contributed by atoms with Crippen LogP contribution >= 0.6 is 0 Å². The van der Waals surface area contributed by atoms with Gasteiger partial charge in [-0.3, -0.25) is 4.79 Å². The van der Waals surface area contributed by atoms with Crippen molar-refractivity contribution < 1.29 is 18.7 Å². The van der Waals surface area contributed by atoms with Crippen molar-refractivity contribution in [3.63, 3.8) is 0 Å². The number of methoxy groups -OCH3 is 1. The molecule has 1 aromatic heterocycles. The number of carbonyl (C=O) groups excluding carboxylic acids is 2. The molecule has 2 amide bonds. The molecule has 2 rings (SSSR count). The number of hydrogen-bond donors (Lipinski definition) is 2. The average molecular weight is 330 g/mol. The number of nitrogens with one attached hydrogen (secondary N) is 2. The van der Waals surface area contributed by atoms with Gasteiger partial charge in [-0.2, -0.15) is 0 Å². The van der Waals surface area contributed by atoms with Crippen LogP contribution in [0.5, 0.6) is 0 Å². The molecule has 6 heteroatoms. The SMILES string of the molecule is COC(=O)NCc1ccc(NC(=O)C(C)c2cc(C)oc2C)cc1. The third kappa shape index (κ3) is 4.38. The van der Waals surface area contributed by atoms with Gasteiger partial charge in [0.1, 0.15) is 11.5 Å². The summed E-state index contributed by atoms with van der Waals surface area (Å²) in [6.07, 6.45) is -0.480. The third-order valence-corrected chi connectivity index (χ3v) is 3.78. The van der Waals surface area contributed by atoms with Gasteiger partial charge in [-0.05, 0) is 44.5 Å². The predicted octanol–water partition coefficient (Wildman–Crippen LogP) is 3.49. The zero-order valence-corrected chi connectivity index (χ0v) is 14.3. The lowest BCUT2D eigenvalue weighted by molar-refractivity contribution is -0.117. The van der Waals surface area contributed by atoms with Crippen molar-refractivity contribution in [2.75, 3.05) is 12.4 Å². The van der Waals surface area contributed by atoms with Gasteiger partial charge in [0.2, 0.25) is 5.91 Å². The molecule has 0 aliphatic heterocycles. The minimum atomic E-state index is -0.480. The monoisotopic (exact) mass is 330 g/mol. The first-order valence-electron chi connectivity index (χ1n) is 7.69. The second kappa shape index (κ2) is 7.68. The fraction of sp³-hybridized carbons (Fsp3) is 0.333. The maximum Gasteiger partial charge on any atom is 0.407 e. The highest BCUT2D eigenvalue weighted by molar-refractivity contribution is 5.95. The van der Waals surface area contributed by atoms with E-state index >= 15 is 0 Å². The molecule has 0 saturated carbocycles. The first-order valence-corrected chi connectivity index (χ1v) is 7.69. The molecule has 0 bridgehead atoms. The summed E-state index contributed by atoms with van der Waals surface area (Å²) in [7, 11) is 1.32. The number of carbonyl (C=O) groups is 2. The molecular formula is C18H22N2O4. The number of furan rings is 1. The molecule has 0 aliphatic carbocycles. The maximum atomic E-state index is 12.4. The number of benzene rings is 1. The van der Waals surface area contributed by atoms with E-state index in [2.05, 4.69) is 15.4 Å². The Morgan fingerprint density at radius 3 is 2.42 bits per heavy atom. The smallest absolute Gasteiger partial charge is 0.407 e. The van der Waals surface area contributed by atoms with Crippen LogP contribution in [0.3, 0.4) is 0 Å². The minimum Gasteiger partial charge on any atom is -0.466 e. The third-order valence-electron chi connectivity index (χ3n) is 3.78. The Balaban J connectivity index is 1.96. The topological polar surface area (TPSA) is 80.6 Å². The van der Waals surface area contributed by atoms with Crippen LogP contribution in [-0.4, -0.2) is 19.1 Å². The van der Waals surface area contributed by atoms with Crippen molar-refractivity contribution >= 4 is 17.7 Å². The van der Waals surface area contributed by atoms with E-state index in [1.807, 2.05) is 39.0 Å². The Labute approximate surface area is 141 Å². The average Bonchev–Trinajstić information content (AvgIpc) is 2.91. The van der Waals surface area contributed by atoms with E-state index in [-0.39, 0.29) is 11.8 Å². The highest BCUT2D eigenvalue weighted by Crippen LogP contribution is 2.24. The van der Waals surface area contributed by atoms with E-state index in [9.17, 15) is 9.59 Å². The van der Waals surface area contributed by atoms with E-state index in [1.54, 1.807) is 12.1 Å². The molecule has 0 radical (unpaired) electrons. The predicted molar refractivity (Wildman–Crippen MR) is 90.9 cm³/mol. The Kier molecular flexibility index (Phi) is 5.63. The van der Waals surface area contributed by atoms with Gasteiger partial charge in [0.05, 0.1) is 13.0 Å². The molecule has 2 aromatic rings. The fourth-order valence-corrected chi connectivity index (χ4v) is 2.42. The number of anilines is 1. The molecule has 0 aliphatic rings. The molecule has 1 atom stereocenters. The number of amides is 2. The van der Waals surface area contributed by atoms with Gasteiger partial charge in [-0.1, -0.05) is 12.1 Å². The van der Waals surface area contributed by atoms with Gasteiger partial charge in [0.25, 0.3) is 0 Å². The molecule has 1 aromatic carbocycles. The molecule has 1 unspecified atom stereocenters. The van der Waals surface area contributed by atoms with Gasteiger partial charge in [0, 0.05) is 17.8 Å². The molecule has 0 saturated heterocycles. The van der Waals surface area contributed by atoms with Crippen molar-refractivity contribution in [3.8, 4) is 0 Å². The van der Waals surface area contributed by atoms with Crippen molar-refractivity contribution in [1.82, 2.24) is 5.32 Å². The summed E-state index contributed by atoms with van der Waals surface area (Å²) in [5.74, 6) is 1.16. The number of alkyl carbamates (subject to hydrolysis) is 1. The summed E-state index contributed by atoms with van der Waals surface area (Å²) in [5, 5.41) is 5.49. The Hall–Kier alpha value is -2.76. The second-order valence-electron chi connectivity index (χ2n) is 5.62. The molecule has 2 N–H and O–H groups in total. The zero-order chi connectivity index (χ0) is 17.7. The van der Waals surface area contributed by atoms with Crippen LogP contribution in [0.25, 0.3) is 0 Å². The quantitative estimate of drug-likeness (QED) is 0.879. The largest absolute Gasteiger partial charge is 0.466 e. The summed E-state index contributed by atoms with van der Waals surface area (Å²) in [4.78, 5) is 23.4. The highest BCUT2D eigenvalue weighted by Gasteiger charge is 2.20. The van der Waals surface area contributed by atoms with Gasteiger partial charge < -0.3 is 19.8 Å². The standard InChI is InChI=1S/C18H22N2O4/c1-11-9-16(13(3)24-11)12(2)17(21)20-15-7-5-14(6-8-15)10-19-18(22)23-4/h5-9,12H,10H2,1-4H3,(H,19,22)(H,20,21). The van der Waals surface area contributed by atoms with Gasteiger partial charge >= 0.3 is 6.09 Å². The first kappa shape index (κ1) is 17.6. The van der Waals surface area contributed by atoms with Gasteiger partial charge in [-0.15, -0.1) is 0 Å². The molecule has 1 heterocycles. The van der Waals surface area contributed by atoms with Crippen LogP contribution in [0.1, 0.15) is 35.5 Å². The molecule has 6 nitrogen and oxygen atoms in total. The summed E-state index contributed by atoms with van der Waals surface area (Å²) >= 11 is 0. The number of rotatable bonds is 5. The molecule has 0 spiro atoms. The van der Waals surface area contributed by atoms with E-state index < -0.39 is 6.09 Å². The van der Waals surface area contributed by atoms with Crippen molar-refractivity contribution in [2.24, 2.45) is 0 Å². The summed E-state index contributed by atoms with van der Waals surface area (Å²) in [6, 6.07) is 9.16. The van der Waals surface area contributed by atoms with Crippen LogP contribution in [0, 0.1) is 13.8 Å². The second-order valence-corrected chi connectivity index (χ2v) is 5.62. The Bertz CT molecular complexity index is 719. The van der Waals surface area contributed by atoms with Crippen LogP contribution in [0.2, 0.25) is 0 Å². The molecule has 128 valence electrons. The normalized spacial score (nSPS) is 11.7. The fourth-order valence-electron chi connectivity index (χ4n) is 2.42. The van der Waals surface area contributed by atoms with E-state index in [1.165, 1.54) is 7.11 Å². The van der Waals surface area contributed by atoms with Crippen molar-refractivity contribution in [2.45, 2.75) is 33.2 Å². The lowest BCUT2D eigenvalue weighted by Crippen LogP contribution is -2.22. The van der Waals surface area contributed by atoms with E-state index in [0.29, 0.717) is 12.2 Å². The molecule has 0 fully saturated rings.